The van der Waals surface area contributed by atoms with Gasteiger partial charge in [-0.25, -0.2) is 4.98 Å². The Hall–Kier alpha value is -2.58. The van der Waals surface area contributed by atoms with Crippen LogP contribution in [0.3, 0.4) is 0 Å². The van der Waals surface area contributed by atoms with Crippen LogP contribution in [0.2, 0.25) is 0 Å². The van der Waals surface area contributed by atoms with E-state index >= 15 is 0 Å². The lowest BCUT2D eigenvalue weighted by Gasteiger charge is -2.20. The van der Waals surface area contributed by atoms with Gasteiger partial charge < -0.3 is 0 Å². The van der Waals surface area contributed by atoms with Crippen molar-refractivity contribution in [1.82, 2.24) is 19.7 Å². The predicted molar refractivity (Wildman–Crippen MR) is 110 cm³/mol. The largest absolute Gasteiger partial charge is 0.278 e. The first kappa shape index (κ1) is 17.8. The maximum atomic E-state index is 13.3. The van der Waals surface area contributed by atoms with Crippen molar-refractivity contribution in [3.8, 4) is 0 Å². The van der Waals surface area contributed by atoms with Crippen molar-refractivity contribution in [2.45, 2.75) is 20.0 Å². The zero-order valence-electron chi connectivity index (χ0n) is 14.5. The number of amides is 1. The molecule has 3 heterocycles. The molecule has 0 radical (unpaired) electrons. The Bertz CT molecular complexity index is 1090. The van der Waals surface area contributed by atoms with Gasteiger partial charge in [-0.2, -0.15) is 5.10 Å². The predicted octanol–water partition coefficient (Wildman–Crippen LogP) is 4.52. The van der Waals surface area contributed by atoms with E-state index in [2.05, 4.69) is 31.0 Å². The van der Waals surface area contributed by atoms with E-state index in [4.69, 9.17) is 0 Å². The molecule has 0 fully saturated rings. The van der Waals surface area contributed by atoms with Gasteiger partial charge in [0.2, 0.25) is 0 Å². The summed E-state index contributed by atoms with van der Waals surface area (Å²) in [5, 5.41) is 4.88. The maximum Gasteiger partial charge on any atom is 0.278 e. The number of nitrogens with zero attached hydrogens (tertiary/aromatic N) is 5. The molecule has 4 aromatic rings. The smallest absolute Gasteiger partial charge is 0.278 e. The normalized spacial score (nSPS) is 11.0. The van der Waals surface area contributed by atoms with E-state index in [1.165, 1.54) is 11.3 Å². The van der Waals surface area contributed by atoms with Gasteiger partial charge in [-0.15, -0.1) is 0 Å². The van der Waals surface area contributed by atoms with E-state index in [1.54, 1.807) is 34.2 Å². The lowest BCUT2D eigenvalue weighted by atomic mass is 10.2. The van der Waals surface area contributed by atoms with Gasteiger partial charge in [-0.1, -0.05) is 33.3 Å². The number of aryl methyl sites for hydroxylation is 1. The minimum absolute atomic E-state index is 0.128. The van der Waals surface area contributed by atoms with E-state index in [1.807, 2.05) is 37.3 Å². The number of fused-ring (bicyclic) bond motifs is 1. The standard InChI is InChI=1S/C19H16BrN5OS/c1-2-25-16(7-9-22-25)18(26)24(12-13-4-3-8-21-11-13)19-23-15-6-5-14(20)10-17(15)27-19/h3-11H,2,12H2,1H3. The summed E-state index contributed by atoms with van der Waals surface area (Å²) >= 11 is 4.98. The fourth-order valence-corrected chi connectivity index (χ4v) is 4.32. The van der Waals surface area contributed by atoms with E-state index < -0.39 is 0 Å². The third kappa shape index (κ3) is 3.63. The molecule has 4 rings (SSSR count). The van der Waals surface area contributed by atoms with Crippen LogP contribution in [0.4, 0.5) is 5.13 Å². The number of anilines is 1. The van der Waals surface area contributed by atoms with Crippen LogP contribution in [-0.4, -0.2) is 25.7 Å². The number of hydrogen-bond acceptors (Lipinski definition) is 5. The highest BCUT2D eigenvalue weighted by Gasteiger charge is 2.24. The molecule has 0 unspecified atom stereocenters. The first-order valence-corrected chi connectivity index (χ1v) is 10.1. The van der Waals surface area contributed by atoms with Crippen molar-refractivity contribution in [3.05, 3.63) is 70.7 Å². The van der Waals surface area contributed by atoms with Crippen LogP contribution in [0.1, 0.15) is 23.0 Å². The third-order valence-corrected chi connectivity index (χ3v) is 5.65. The molecule has 0 saturated heterocycles. The fraction of sp³-hybridized carbons (Fsp3) is 0.158. The molecule has 1 amide bonds. The molecule has 0 saturated carbocycles. The number of pyridine rings is 1. The van der Waals surface area contributed by atoms with Gasteiger partial charge in [0.1, 0.15) is 5.69 Å². The monoisotopic (exact) mass is 441 g/mol. The molecule has 0 N–H and O–H groups in total. The summed E-state index contributed by atoms with van der Waals surface area (Å²) in [6.45, 7) is 2.98. The summed E-state index contributed by atoms with van der Waals surface area (Å²) in [4.78, 5) is 23.9. The molecule has 8 heteroatoms. The summed E-state index contributed by atoms with van der Waals surface area (Å²) in [5.74, 6) is -0.128. The van der Waals surface area contributed by atoms with Crippen LogP contribution in [0, 0.1) is 0 Å². The van der Waals surface area contributed by atoms with Gasteiger partial charge in [0, 0.05) is 29.6 Å². The molecule has 0 aliphatic rings. The Kier molecular flexibility index (Phi) is 5.00. The summed E-state index contributed by atoms with van der Waals surface area (Å²) < 4.78 is 3.70. The van der Waals surface area contributed by atoms with Crippen molar-refractivity contribution < 1.29 is 4.79 Å². The Morgan fingerprint density at radius 3 is 2.93 bits per heavy atom. The SMILES string of the molecule is CCn1nccc1C(=O)N(Cc1cccnc1)c1nc2ccc(Br)cc2s1. The number of hydrogen-bond donors (Lipinski definition) is 0. The Balaban J connectivity index is 1.78. The highest BCUT2D eigenvalue weighted by Crippen LogP contribution is 2.32. The number of rotatable bonds is 5. The topological polar surface area (TPSA) is 63.9 Å². The molecule has 0 aliphatic carbocycles. The molecule has 0 atom stereocenters. The summed E-state index contributed by atoms with van der Waals surface area (Å²) in [5.41, 5.74) is 2.35. The van der Waals surface area contributed by atoms with Crippen molar-refractivity contribution in [2.75, 3.05) is 4.90 Å². The molecule has 1 aromatic carbocycles. The Labute approximate surface area is 168 Å². The van der Waals surface area contributed by atoms with Crippen molar-refractivity contribution in [1.29, 1.82) is 0 Å². The quantitative estimate of drug-likeness (QED) is 0.456. The highest BCUT2D eigenvalue weighted by molar-refractivity contribution is 9.10. The van der Waals surface area contributed by atoms with E-state index in [9.17, 15) is 4.79 Å². The summed E-state index contributed by atoms with van der Waals surface area (Å²) in [6, 6.07) is 11.5. The van der Waals surface area contributed by atoms with Gasteiger partial charge >= 0.3 is 0 Å². The fourth-order valence-electron chi connectivity index (χ4n) is 2.81. The summed E-state index contributed by atoms with van der Waals surface area (Å²) in [7, 11) is 0. The molecule has 0 spiro atoms. The molecule has 3 aromatic heterocycles. The van der Waals surface area contributed by atoms with Gasteiger partial charge in [0.05, 0.1) is 16.8 Å². The Morgan fingerprint density at radius 1 is 1.26 bits per heavy atom. The lowest BCUT2D eigenvalue weighted by Crippen LogP contribution is -2.32. The number of halogens is 1. The summed E-state index contributed by atoms with van der Waals surface area (Å²) in [6.07, 6.45) is 5.13. The minimum Gasteiger partial charge on any atom is -0.278 e. The number of benzene rings is 1. The molecule has 0 aliphatic heterocycles. The second-order valence-corrected chi connectivity index (χ2v) is 7.82. The second kappa shape index (κ2) is 7.58. The van der Waals surface area contributed by atoms with E-state index in [0.29, 0.717) is 23.9 Å². The molecule has 27 heavy (non-hydrogen) atoms. The van der Waals surface area contributed by atoms with E-state index in [-0.39, 0.29) is 5.91 Å². The zero-order valence-corrected chi connectivity index (χ0v) is 16.9. The zero-order chi connectivity index (χ0) is 18.8. The first-order valence-electron chi connectivity index (χ1n) is 8.44. The number of carbonyl (C=O) groups excluding carboxylic acids is 1. The van der Waals surface area contributed by atoms with Crippen LogP contribution in [0.5, 0.6) is 0 Å². The maximum absolute atomic E-state index is 13.3. The van der Waals surface area contributed by atoms with Crippen LogP contribution >= 0.6 is 27.3 Å². The highest BCUT2D eigenvalue weighted by atomic mass is 79.9. The van der Waals surface area contributed by atoms with Crippen LogP contribution < -0.4 is 4.90 Å². The number of thiazole rings is 1. The molecular weight excluding hydrogens is 426 g/mol. The molecule has 136 valence electrons. The molecule has 0 bridgehead atoms. The third-order valence-electron chi connectivity index (χ3n) is 4.11. The van der Waals surface area contributed by atoms with E-state index in [0.717, 1.165) is 20.3 Å². The van der Waals surface area contributed by atoms with Crippen LogP contribution in [0.25, 0.3) is 10.2 Å². The molecular formula is C19H16BrN5OS. The van der Waals surface area contributed by atoms with Gasteiger partial charge in [0.15, 0.2) is 5.13 Å². The molecule has 6 nitrogen and oxygen atoms in total. The second-order valence-electron chi connectivity index (χ2n) is 5.89. The number of carbonyl (C=O) groups is 1. The van der Waals surface area contributed by atoms with Crippen LogP contribution in [-0.2, 0) is 13.1 Å². The van der Waals surface area contributed by atoms with Gasteiger partial charge in [-0.3, -0.25) is 19.4 Å². The van der Waals surface area contributed by atoms with Gasteiger partial charge in [0.25, 0.3) is 5.91 Å². The van der Waals surface area contributed by atoms with Crippen molar-refractivity contribution in [2.24, 2.45) is 0 Å². The Morgan fingerprint density at radius 2 is 2.15 bits per heavy atom. The van der Waals surface area contributed by atoms with Gasteiger partial charge in [-0.05, 0) is 42.8 Å². The van der Waals surface area contributed by atoms with Crippen molar-refractivity contribution in [3.63, 3.8) is 0 Å². The van der Waals surface area contributed by atoms with Crippen molar-refractivity contribution >= 4 is 48.5 Å². The minimum atomic E-state index is -0.128. The van der Waals surface area contributed by atoms with Crippen LogP contribution in [0.15, 0.2) is 59.5 Å². The first-order chi connectivity index (χ1) is 13.2. The lowest BCUT2D eigenvalue weighted by molar-refractivity contribution is 0.0975. The number of aromatic nitrogens is 4. The average Bonchev–Trinajstić information content (AvgIpc) is 3.32. The average molecular weight is 442 g/mol.